The SMILES string of the molecule is C=CCn1c(COc2ccc(Cl)cc2)nnc1SC(C)C(=O)Nc1cc(Cl)ccc1Cl. The number of nitrogens with one attached hydrogen (secondary N) is 1. The highest BCUT2D eigenvalue weighted by Gasteiger charge is 2.21. The Kier molecular flexibility index (Phi) is 8.26. The topological polar surface area (TPSA) is 69.0 Å². The van der Waals surface area contributed by atoms with Gasteiger partial charge in [-0.15, -0.1) is 16.8 Å². The maximum Gasteiger partial charge on any atom is 0.237 e. The number of allylic oxidation sites excluding steroid dienone is 1. The van der Waals surface area contributed by atoms with Crippen LogP contribution in [0.1, 0.15) is 12.7 Å². The van der Waals surface area contributed by atoms with E-state index in [1.807, 2.05) is 4.57 Å². The standard InChI is InChI=1S/C21H19Cl3N4O2S/c1-3-10-28-19(12-30-16-7-4-14(22)5-8-16)26-27-21(28)31-13(2)20(29)25-18-11-15(23)6-9-17(18)24/h3-9,11,13H,1,10,12H2,2H3,(H,25,29). The van der Waals surface area contributed by atoms with E-state index < -0.39 is 5.25 Å². The highest BCUT2D eigenvalue weighted by molar-refractivity contribution is 8.00. The van der Waals surface area contributed by atoms with Crippen LogP contribution < -0.4 is 10.1 Å². The smallest absolute Gasteiger partial charge is 0.237 e. The Bertz CT molecular complexity index is 1070. The molecule has 0 saturated carbocycles. The van der Waals surface area contributed by atoms with E-state index in [0.717, 1.165) is 0 Å². The highest BCUT2D eigenvalue weighted by atomic mass is 35.5. The zero-order chi connectivity index (χ0) is 22.4. The summed E-state index contributed by atoms with van der Waals surface area (Å²) < 4.78 is 7.62. The summed E-state index contributed by atoms with van der Waals surface area (Å²) in [6.07, 6.45) is 1.73. The van der Waals surface area contributed by atoms with Crippen LogP contribution in [-0.2, 0) is 17.9 Å². The fraction of sp³-hybridized carbons (Fsp3) is 0.190. The summed E-state index contributed by atoms with van der Waals surface area (Å²) in [5.74, 6) is 1.04. The van der Waals surface area contributed by atoms with Crippen molar-refractivity contribution in [3.05, 3.63) is 76.0 Å². The molecule has 6 nitrogen and oxygen atoms in total. The summed E-state index contributed by atoms with van der Waals surface area (Å²) in [4.78, 5) is 12.6. The van der Waals surface area contributed by atoms with Crippen LogP contribution in [0.25, 0.3) is 0 Å². The maximum atomic E-state index is 12.6. The summed E-state index contributed by atoms with van der Waals surface area (Å²) in [7, 11) is 0. The molecule has 1 atom stereocenters. The monoisotopic (exact) mass is 496 g/mol. The van der Waals surface area contributed by atoms with E-state index in [2.05, 4.69) is 22.1 Å². The average molecular weight is 498 g/mol. The van der Waals surface area contributed by atoms with E-state index in [4.69, 9.17) is 39.5 Å². The summed E-state index contributed by atoms with van der Waals surface area (Å²) in [6, 6.07) is 11.9. The van der Waals surface area contributed by atoms with Crippen LogP contribution in [0.2, 0.25) is 15.1 Å². The van der Waals surface area contributed by atoms with E-state index in [1.54, 1.807) is 55.5 Å². The quantitative estimate of drug-likeness (QED) is 0.285. The number of ether oxygens (including phenoxy) is 1. The number of hydrogen-bond donors (Lipinski definition) is 1. The van der Waals surface area contributed by atoms with Crippen LogP contribution in [0, 0.1) is 0 Å². The van der Waals surface area contributed by atoms with Gasteiger partial charge in [-0.2, -0.15) is 0 Å². The second-order valence-electron chi connectivity index (χ2n) is 6.41. The van der Waals surface area contributed by atoms with Crippen LogP contribution in [0.15, 0.2) is 60.3 Å². The van der Waals surface area contributed by atoms with Gasteiger partial charge in [0, 0.05) is 16.6 Å². The third-order valence-corrected chi connectivity index (χ3v) is 6.02. The van der Waals surface area contributed by atoms with Crippen molar-refractivity contribution < 1.29 is 9.53 Å². The minimum absolute atomic E-state index is 0.210. The Balaban J connectivity index is 1.68. The van der Waals surface area contributed by atoms with Crippen molar-refractivity contribution in [1.82, 2.24) is 14.8 Å². The number of hydrogen-bond acceptors (Lipinski definition) is 5. The molecule has 3 aromatic rings. The van der Waals surface area contributed by atoms with E-state index in [1.165, 1.54) is 11.8 Å². The molecule has 1 heterocycles. The molecule has 0 radical (unpaired) electrons. The van der Waals surface area contributed by atoms with Crippen molar-refractivity contribution in [2.24, 2.45) is 0 Å². The molecule has 10 heteroatoms. The minimum atomic E-state index is -0.465. The number of halogens is 3. The first-order chi connectivity index (χ1) is 14.9. The van der Waals surface area contributed by atoms with Crippen LogP contribution in [0.3, 0.4) is 0 Å². The van der Waals surface area contributed by atoms with Gasteiger partial charge in [0.05, 0.1) is 16.0 Å². The van der Waals surface area contributed by atoms with Crippen molar-refractivity contribution in [2.75, 3.05) is 5.32 Å². The summed E-state index contributed by atoms with van der Waals surface area (Å²) in [5.41, 5.74) is 0.455. The van der Waals surface area contributed by atoms with Gasteiger partial charge in [-0.3, -0.25) is 9.36 Å². The molecule has 0 aliphatic heterocycles. The van der Waals surface area contributed by atoms with E-state index >= 15 is 0 Å². The number of amides is 1. The third kappa shape index (κ3) is 6.40. The molecule has 0 fully saturated rings. The van der Waals surface area contributed by atoms with Gasteiger partial charge < -0.3 is 10.1 Å². The highest BCUT2D eigenvalue weighted by Crippen LogP contribution is 2.28. The largest absolute Gasteiger partial charge is 0.486 e. The molecule has 0 spiro atoms. The maximum absolute atomic E-state index is 12.6. The van der Waals surface area contributed by atoms with Crippen molar-refractivity contribution in [1.29, 1.82) is 0 Å². The van der Waals surface area contributed by atoms with Crippen LogP contribution in [0.5, 0.6) is 5.75 Å². The predicted octanol–water partition coefficient (Wildman–Crippen LogP) is 6.12. The molecule has 1 N–H and O–H groups in total. The first-order valence-electron chi connectivity index (χ1n) is 9.21. The number of rotatable bonds is 9. The Morgan fingerprint density at radius 1 is 1.19 bits per heavy atom. The molecule has 0 aliphatic carbocycles. The molecule has 162 valence electrons. The predicted molar refractivity (Wildman–Crippen MR) is 126 cm³/mol. The van der Waals surface area contributed by atoms with Gasteiger partial charge in [0.25, 0.3) is 0 Å². The van der Waals surface area contributed by atoms with Crippen LogP contribution in [-0.4, -0.2) is 25.9 Å². The molecule has 0 bridgehead atoms. The number of thioether (sulfide) groups is 1. The van der Waals surface area contributed by atoms with Crippen LogP contribution >= 0.6 is 46.6 Å². The number of benzene rings is 2. The number of carbonyl (C=O) groups is 1. The van der Waals surface area contributed by atoms with Gasteiger partial charge in [0.15, 0.2) is 11.0 Å². The molecule has 2 aromatic carbocycles. The number of anilines is 1. The lowest BCUT2D eigenvalue weighted by Gasteiger charge is -2.14. The van der Waals surface area contributed by atoms with Crippen molar-refractivity contribution in [2.45, 2.75) is 30.5 Å². The Morgan fingerprint density at radius 2 is 1.90 bits per heavy atom. The summed E-state index contributed by atoms with van der Waals surface area (Å²) in [6.45, 7) is 6.24. The first kappa shape index (κ1) is 23.5. The van der Waals surface area contributed by atoms with Gasteiger partial charge in [-0.25, -0.2) is 0 Å². The van der Waals surface area contributed by atoms with Gasteiger partial charge in [0.1, 0.15) is 12.4 Å². The van der Waals surface area contributed by atoms with Crippen molar-refractivity contribution in [3.63, 3.8) is 0 Å². The lowest BCUT2D eigenvalue weighted by molar-refractivity contribution is -0.115. The molecule has 1 aromatic heterocycles. The molecular weight excluding hydrogens is 479 g/mol. The number of carbonyl (C=O) groups excluding carboxylic acids is 1. The molecular formula is C21H19Cl3N4O2S. The van der Waals surface area contributed by atoms with Gasteiger partial charge in [-0.1, -0.05) is 52.6 Å². The van der Waals surface area contributed by atoms with Gasteiger partial charge in [0.2, 0.25) is 5.91 Å². The average Bonchev–Trinajstić information content (AvgIpc) is 3.12. The second kappa shape index (κ2) is 10.9. The normalized spacial score (nSPS) is 11.7. The number of nitrogens with zero attached hydrogens (tertiary/aromatic N) is 3. The van der Waals surface area contributed by atoms with Crippen molar-refractivity contribution >= 4 is 58.2 Å². The van der Waals surface area contributed by atoms with E-state index in [-0.39, 0.29) is 12.5 Å². The Morgan fingerprint density at radius 3 is 2.61 bits per heavy atom. The fourth-order valence-electron chi connectivity index (χ4n) is 2.54. The lowest BCUT2D eigenvalue weighted by Crippen LogP contribution is -2.23. The first-order valence-corrected chi connectivity index (χ1v) is 11.2. The molecule has 0 saturated heterocycles. The molecule has 0 aliphatic rings. The zero-order valence-electron chi connectivity index (χ0n) is 16.5. The third-order valence-electron chi connectivity index (χ3n) is 4.12. The van der Waals surface area contributed by atoms with E-state index in [9.17, 15) is 4.79 Å². The fourth-order valence-corrected chi connectivity index (χ4v) is 3.88. The number of aromatic nitrogens is 3. The zero-order valence-corrected chi connectivity index (χ0v) is 19.6. The minimum Gasteiger partial charge on any atom is -0.486 e. The van der Waals surface area contributed by atoms with Gasteiger partial charge >= 0.3 is 0 Å². The molecule has 1 amide bonds. The second-order valence-corrected chi connectivity index (χ2v) is 9.00. The summed E-state index contributed by atoms with van der Waals surface area (Å²) in [5, 5.41) is 12.9. The molecule has 3 rings (SSSR count). The Labute approximate surface area is 199 Å². The van der Waals surface area contributed by atoms with Crippen LogP contribution in [0.4, 0.5) is 5.69 Å². The van der Waals surface area contributed by atoms with Gasteiger partial charge in [-0.05, 0) is 49.4 Å². The Hall–Kier alpha value is -2.19. The molecule has 1 unspecified atom stereocenters. The van der Waals surface area contributed by atoms with Crippen molar-refractivity contribution in [3.8, 4) is 5.75 Å². The van der Waals surface area contributed by atoms with E-state index in [0.29, 0.717) is 44.0 Å². The molecule has 31 heavy (non-hydrogen) atoms. The lowest BCUT2D eigenvalue weighted by atomic mass is 10.3. The summed E-state index contributed by atoms with van der Waals surface area (Å²) >= 11 is 19.3.